The molecule has 3 heterocycles. The number of hydrogen-bond donors (Lipinski definition) is 1. The van der Waals surface area contributed by atoms with Gasteiger partial charge in [0.15, 0.2) is 5.82 Å². The summed E-state index contributed by atoms with van der Waals surface area (Å²) in [6.07, 6.45) is 0. The maximum atomic E-state index is 12.8. The van der Waals surface area contributed by atoms with Crippen molar-refractivity contribution in [1.82, 2.24) is 24.1 Å². The summed E-state index contributed by atoms with van der Waals surface area (Å²) >= 11 is 6.44. The normalized spacial score (nSPS) is 14.2. The Bertz CT molecular complexity index is 1410. The van der Waals surface area contributed by atoms with E-state index < -0.39 is 0 Å². The molecule has 170 valence electrons. The molecule has 2 aromatic heterocycles. The first-order valence-corrected chi connectivity index (χ1v) is 11.2. The minimum atomic E-state index is -0.0951. The molecule has 0 saturated carbocycles. The van der Waals surface area contributed by atoms with Gasteiger partial charge in [-0.1, -0.05) is 23.7 Å². The smallest absolute Gasteiger partial charge is 0.262 e. The quantitative estimate of drug-likeness (QED) is 0.486. The summed E-state index contributed by atoms with van der Waals surface area (Å²) in [5.41, 5.74) is 1.90. The zero-order chi connectivity index (χ0) is 22.9. The third-order valence-electron chi connectivity index (χ3n) is 5.84. The van der Waals surface area contributed by atoms with Gasteiger partial charge in [-0.25, -0.2) is 0 Å². The van der Waals surface area contributed by atoms with E-state index in [2.05, 4.69) is 15.5 Å². The van der Waals surface area contributed by atoms with Crippen LogP contribution >= 0.6 is 11.6 Å². The highest BCUT2D eigenvalue weighted by Gasteiger charge is 2.21. The second-order valence-electron chi connectivity index (χ2n) is 7.77. The van der Waals surface area contributed by atoms with Crippen molar-refractivity contribution in [1.29, 1.82) is 0 Å². The predicted octanol–water partition coefficient (Wildman–Crippen LogP) is 2.80. The second-order valence-corrected chi connectivity index (χ2v) is 8.18. The number of rotatable bonds is 5. The Kier molecular flexibility index (Phi) is 5.74. The van der Waals surface area contributed by atoms with E-state index >= 15 is 0 Å². The Balaban J connectivity index is 1.42. The van der Waals surface area contributed by atoms with Gasteiger partial charge >= 0.3 is 0 Å². The fraction of sp³-hybridized carbons (Fsp3) is 0.304. The van der Waals surface area contributed by atoms with Crippen LogP contribution < -0.4 is 10.9 Å². The number of fused-ring (bicyclic) bond motifs is 3. The van der Waals surface area contributed by atoms with Crippen LogP contribution in [0.1, 0.15) is 23.1 Å². The molecule has 1 aliphatic rings. The fourth-order valence-corrected chi connectivity index (χ4v) is 4.39. The van der Waals surface area contributed by atoms with Gasteiger partial charge in [-0.3, -0.25) is 18.6 Å². The Morgan fingerprint density at radius 3 is 2.70 bits per heavy atom. The zero-order valence-corrected chi connectivity index (χ0v) is 18.9. The topological polar surface area (TPSA) is 93.8 Å². The zero-order valence-electron chi connectivity index (χ0n) is 18.1. The van der Waals surface area contributed by atoms with E-state index in [0.717, 1.165) is 11.2 Å². The maximum absolute atomic E-state index is 12.8. The number of carbonyl (C=O) groups excluding carboxylic acids is 1. The van der Waals surface area contributed by atoms with Crippen molar-refractivity contribution in [2.75, 3.05) is 31.6 Å². The third-order valence-corrected chi connectivity index (χ3v) is 6.15. The molecule has 1 amide bonds. The highest BCUT2D eigenvalue weighted by atomic mass is 35.5. The minimum absolute atomic E-state index is 0.0835. The first-order chi connectivity index (χ1) is 16.1. The van der Waals surface area contributed by atoms with Gasteiger partial charge < -0.3 is 15.0 Å². The van der Waals surface area contributed by atoms with Crippen LogP contribution in [0.3, 0.4) is 0 Å². The molecule has 0 atom stereocenters. The van der Waals surface area contributed by atoms with Crippen molar-refractivity contribution in [2.45, 2.75) is 20.0 Å². The minimum Gasteiger partial charge on any atom is -0.378 e. The van der Waals surface area contributed by atoms with Crippen LogP contribution in [0.5, 0.6) is 0 Å². The molecule has 0 spiro atoms. The lowest BCUT2D eigenvalue weighted by atomic mass is 10.1. The van der Waals surface area contributed by atoms with Crippen molar-refractivity contribution in [3.63, 3.8) is 0 Å². The van der Waals surface area contributed by atoms with Gasteiger partial charge in [-0.2, -0.15) is 0 Å². The van der Waals surface area contributed by atoms with E-state index in [9.17, 15) is 9.59 Å². The van der Waals surface area contributed by atoms with E-state index in [1.807, 2.05) is 41.7 Å². The van der Waals surface area contributed by atoms with E-state index in [-0.39, 0.29) is 11.5 Å². The van der Waals surface area contributed by atoms with Crippen LogP contribution in [0.4, 0.5) is 5.69 Å². The molecule has 1 N–H and O–H groups in total. The van der Waals surface area contributed by atoms with E-state index in [1.54, 1.807) is 21.6 Å². The Morgan fingerprint density at radius 2 is 1.94 bits per heavy atom. The number of aromatic nitrogens is 4. The maximum Gasteiger partial charge on any atom is 0.262 e. The predicted molar refractivity (Wildman–Crippen MR) is 126 cm³/mol. The number of nitrogens with one attached hydrogen (secondary N) is 1. The first kappa shape index (κ1) is 21.4. The van der Waals surface area contributed by atoms with Crippen LogP contribution in [0.2, 0.25) is 5.02 Å². The molecule has 0 bridgehead atoms. The lowest BCUT2D eigenvalue weighted by molar-refractivity contribution is 0.0303. The van der Waals surface area contributed by atoms with E-state index in [4.69, 9.17) is 16.3 Å². The summed E-state index contributed by atoms with van der Waals surface area (Å²) in [5.74, 6) is 1.07. The number of carbonyl (C=O) groups is 1. The van der Waals surface area contributed by atoms with Crippen molar-refractivity contribution in [3.05, 3.63) is 69.2 Å². The number of anilines is 1. The molecule has 0 radical (unpaired) electrons. The molecule has 33 heavy (non-hydrogen) atoms. The Morgan fingerprint density at radius 1 is 1.15 bits per heavy atom. The lowest BCUT2D eigenvalue weighted by Crippen LogP contribution is -2.40. The molecule has 10 heteroatoms. The van der Waals surface area contributed by atoms with Crippen molar-refractivity contribution in [3.8, 4) is 0 Å². The Hall–Kier alpha value is -3.43. The number of benzene rings is 2. The summed E-state index contributed by atoms with van der Waals surface area (Å²) in [7, 11) is 0. The van der Waals surface area contributed by atoms with Gasteiger partial charge in [0.25, 0.3) is 11.5 Å². The highest BCUT2D eigenvalue weighted by Crippen LogP contribution is 2.24. The molecule has 1 aliphatic heterocycles. The molecule has 1 saturated heterocycles. The standard InChI is InChI=1S/C23H23ClN6O3/c1-2-29-22(32)17-5-3-4-6-19(17)30-20(26-27-23(29)30)14-25-15-7-8-16(18(24)13-15)21(31)28-9-11-33-12-10-28/h3-8,13,25H,2,9-12,14H2,1H3. The number of nitrogens with zero attached hydrogens (tertiary/aromatic N) is 5. The largest absolute Gasteiger partial charge is 0.378 e. The van der Waals surface area contributed by atoms with Crippen molar-refractivity contribution < 1.29 is 9.53 Å². The SMILES string of the molecule is CCn1c(=O)c2ccccc2n2c(CNc3ccc(C(=O)N4CCOCC4)c(Cl)c3)nnc12. The molecule has 2 aromatic carbocycles. The molecule has 5 rings (SSSR count). The van der Waals surface area contributed by atoms with Crippen LogP contribution in [-0.2, 0) is 17.8 Å². The summed E-state index contributed by atoms with van der Waals surface area (Å²) in [6, 6.07) is 12.7. The fourth-order valence-electron chi connectivity index (χ4n) is 4.13. The highest BCUT2D eigenvalue weighted by molar-refractivity contribution is 6.34. The number of halogens is 1. The number of ether oxygens (including phenoxy) is 1. The monoisotopic (exact) mass is 466 g/mol. The molecular formula is C23H23ClN6O3. The van der Waals surface area contributed by atoms with Crippen molar-refractivity contribution in [2.24, 2.45) is 0 Å². The lowest BCUT2D eigenvalue weighted by Gasteiger charge is -2.27. The average Bonchev–Trinajstić information content (AvgIpc) is 3.27. The number of aryl methyl sites for hydroxylation is 1. The summed E-state index contributed by atoms with van der Waals surface area (Å²) in [4.78, 5) is 27.3. The van der Waals surface area contributed by atoms with Gasteiger partial charge in [0.2, 0.25) is 5.78 Å². The summed E-state index contributed by atoms with van der Waals surface area (Å²) in [5, 5.41) is 12.9. The second kappa shape index (κ2) is 8.84. The van der Waals surface area contributed by atoms with Gasteiger partial charge in [0, 0.05) is 25.3 Å². The van der Waals surface area contributed by atoms with Crippen LogP contribution in [0.15, 0.2) is 47.3 Å². The molecule has 0 unspecified atom stereocenters. The van der Waals surface area contributed by atoms with Gasteiger partial charge in [-0.05, 0) is 37.3 Å². The number of morpholine rings is 1. The number of amides is 1. The molecule has 9 nitrogen and oxygen atoms in total. The van der Waals surface area contributed by atoms with Crippen LogP contribution in [-0.4, -0.2) is 56.3 Å². The molecule has 1 fully saturated rings. The van der Waals surface area contributed by atoms with Crippen LogP contribution in [0, 0.1) is 0 Å². The Labute approximate surface area is 194 Å². The van der Waals surface area contributed by atoms with Gasteiger partial charge in [-0.15, -0.1) is 10.2 Å². The van der Waals surface area contributed by atoms with Gasteiger partial charge in [0.05, 0.1) is 41.2 Å². The third kappa shape index (κ3) is 3.83. The van der Waals surface area contributed by atoms with E-state index in [0.29, 0.717) is 67.0 Å². The first-order valence-electron chi connectivity index (χ1n) is 10.8. The molecule has 4 aromatic rings. The number of para-hydroxylation sites is 1. The van der Waals surface area contributed by atoms with Gasteiger partial charge in [0.1, 0.15) is 0 Å². The number of hydrogen-bond acceptors (Lipinski definition) is 6. The average molecular weight is 467 g/mol. The molecular weight excluding hydrogens is 444 g/mol. The molecule has 0 aliphatic carbocycles. The van der Waals surface area contributed by atoms with E-state index in [1.165, 1.54) is 0 Å². The van der Waals surface area contributed by atoms with Crippen molar-refractivity contribution >= 4 is 39.9 Å². The summed E-state index contributed by atoms with van der Waals surface area (Å²) < 4.78 is 8.82. The van der Waals surface area contributed by atoms with Crippen LogP contribution in [0.25, 0.3) is 16.7 Å². The summed E-state index contributed by atoms with van der Waals surface area (Å²) in [6.45, 7) is 4.96.